The number of amides is 2. The van der Waals surface area contributed by atoms with Crippen LogP contribution in [0.1, 0.15) is 11.6 Å². The predicted octanol–water partition coefficient (Wildman–Crippen LogP) is 1.77. The minimum Gasteiger partial charge on any atom is -0.466 e. The van der Waals surface area contributed by atoms with Crippen molar-refractivity contribution < 1.29 is 14.3 Å². The average molecular weight is 287 g/mol. The highest BCUT2D eigenvalue weighted by atomic mass is 35.5. The molecule has 1 aromatic rings. The Bertz CT molecular complexity index is 498. The van der Waals surface area contributed by atoms with E-state index in [0.717, 1.165) is 5.56 Å². The molecule has 0 radical (unpaired) electrons. The molecule has 0 fully saturated rings. The monoisotopic (exact) mass is 286 g/mol. The second-order valence-corrected chi connectivity index (χ2v) is 4.65. The summed E-state index contributed by atoms with van der Waals surface area (Å²) < 4.78 is 4.74. The van der Waals surface area contributed by atoms with Crippen LogP contribution in [-0.4, -0.2) is 25.0 Å². The number of methoxy groups -OCH3 is 1. The van der Waals surface area contributed by atoms with Gasteiger partial charge in [-0.3, -0.25) is 0 Å². The first-order valence-corrected chi connectivity index (χ1v) is 6.62. The molecule has 18 heavy (non-hydrogen) atoms. The van der Waals surface area contributed by atoms with Crippen LogP contribution in [-0.2, 0) is 9.53 Å². The highest BCUT2D eigenvalue weighted by molar-refractivity contribution is 7.08. The maximum Gasteiger partial charge on any atom is 0.338 e. The zero-order valence-corrected chi connectivity index (χ0v) is 11.1. The Morgan fingerprint density at radius 2 is 2.39 bits per heavy atom. The van der Waals surface area contributed by atoms with Gasteiger partial charge in [-0.05, 0) is 22.4 Å². The number of hydrogen-bond acceptors (Lipinski definition) is 4. The van der Waals surface area contributed by atoms with Crippen LogP contribution in [0.5, 0.6) is 0 Å². The summed E-state index contributed by atoms with van der Waals surface area (Å²) in [7, 11) is 1.29. The van der Waals surface area contributed by atoms with Gasteiger partial charge in [0.25, 0.3) is 0 Å². The quantitative estimate of drug-likeness (QED) is 0.657. The van der Waals surface area contributed by atoms with Crippen molar-refractivity contribution in [3.05, 3.63) is 33.7 Å². The lowest BCUT2D eigenvalue weighted by Crippen LogP contribution is -2.46. The summed E-state index contributed by atoms with van der Waals surface area (Å²) in [5.41, 5.74) is 1.55. The predicted molar refractivity (Wildman–Crippen MR) is 68.5 cm³/mol. The van der Waals surface area contributed by atoms with Gasteiger partial charge >= 0.3 is 12.0 Å². The van der Waals surface area contributed by atoms with E-state index in [4.69, 9.17) is 16.3 Å². The normalized spacial score (nSPS) is 19.2. The first-order valence-electron chi connectivity index (χ1n) is 5.14. The van der Waals surface area contributed by atoms with Crippen LogP contribution in [0.3, 0.4) is 0 Å². The van der Waals surface area contributed by atoms with Gasteiger partial charge in [0.2, 0.25) is 0 Å². The third-order valence-corrected chi connectivity index (χ3v) is 3.54. The van der Waals surface area contributed by atoms with Crippen molar-refractivity contribution in [2.45, 2.75) is 6.04 Å². The maximum absolute atomic E-state index is 11.8. The topological polar surface area (TPSA) is 67.4 Å². The largest absolute Gasteiger partial charge is 0.466 e. The number of esters is 1. The molecular formula is C11H11ClN2O3S. The summed E-state index contributed by atoms with van der Waals surface area (Å²) >= 11 is 7.25. The van der Waals surface area contributed by atoms with Crippen molar-refractivity contribution in [2.75, 3.05) is 13.0 Å². The third kappa shape index (κ3) is 2.34. The fourth-order valence-corrected chi connectivity index (χ4v) is 2.66. The number of urea groups is 1. The van der Waals surface area contributed by atoms with Crippen molar-refractivity contribution in [1.82, 2.24) is 10.6 Å². The van der Waals surface area contributed by atoms with Crippen LogP contribution < -0.4 is 10.6 Å². The molecule has 2 N–H and O–H groups in total. The van der Waals surface area contributed by atoms with E-state index in [0.29, 0.717) is 11.3 Å². The van der Waals surface area contributed by atoms with E-state index in [1.165, 1.54) is 18.4 Å². The van der Waals surface area contributed by atoms with Gasteiger partial charge in [0.05, 0.1) is 24.6 Å². The lowest BCUT2D eigenvalue weighted by molar-refractivity contribution is -0.136. The van der Waals surface area contributed by atoms with Crippen molar-refractivity contribution in [1.29, 1.82) is 0 Å². The Morgan fingerprint density at radius 1 is 1.61 bits per heavy atom. The summed E-state index contributed by atoms with van der Waals surface area (Å²) in [6, 6.07) is 0.941. The van der Waals surface area contributed by atoms with Gasteiger partial charge in [0.1, 0.15) is 0 Å². The Labute approximate surface area is 113 Å². The van der Waals surface area contributed by atoms with Gasteiger partial charge < -0.3 is 15.4 Å². The van der Waals surface area contributed by atoms with Crippen LogP contribution in [0.2, 0.25) is 0 Å². The molecule has 0 aliphatic carbocycles. The van der Waals surface area contributed by atoms with Gasteiger partial charge in [-0.25, -0.2) is 9.59 Å². The van der Waals surface area contributed by atoms with Crippen molar-refractivity contribution in [2.24, 2.45) is 0 Å². The Kier molecular flexibility index (Phi) is 3.88. The Morgan fingerprint density at radius 3 is 2.94 bits per heavy atom. The number of alkyl halides is 1. The fraction of sp³-hybridized carbons (Fsp3) is 0.273. The van der Waals surface area contributed by atoms with Crippen molar-refractivity contribution >= 4 is 34.9 Å². The number of rotatable bonds is 3. The SMILES string of the molecule is COC(=O)C1=C(CCl)NC(=O)N[C@@H]1c1ccsc1. The van der Waals surface area contributed by atoms with Crippen LogP contribution in [0, 0.1) is 0 Å². The van der Waals surface area contributed by atoms with E-state index in [9.17, 15) is 9.59 Å². The van der Waals surface area contributed by atoms with Gasteiger partial charge in [-0.2, -0.15) is 11.3 Å². The molecule has 96 valence electrons. The molecule has 0 saturated heterocycles. The number of nitrogens with one attached hydrogen (secondary N) is 2. The van der Waals surface area contributed by atoms with Crippen LogP contribution in [0.15, 0.2) is 28.1 Å². The lowest BCUT2D eigenvalue weighted by Gasteiger charge is -2.27. The molecule has 2 rings (SSSR count). The summed E-state index contributed by atoms with van der Waals surface area (Å²) in [5, 5.41) is 8.95. The zero-order chi connectivity index (χ0) is 13.1. The minimum atomic E-state index is -0.522. The number of carbonyl (C=O) groups excluding carboxylic acids is 2. The molecular weight excluding hydrogens is 276 g/mol. The molecule has 0 unspecified atom stereocenters. The highest BCUT2D eigenvalue weighted by Gasteiger charge is 2.33. The molecule has 5 nitrogen and oxygen atoms in total. The third-order valence-electron chi connectivity index (χ3n) is 2.57. The van der Waals surface area contributed by atoms with Gasteiger partial charge in [0.15, 0.2) is 0 Å². The van der Waals surface area contributed by atoms with E-state index in [1.54, 1.807) is 0 Å². The Hall–Kier alpha value is -1.53. The van der Waals surface area contributed by atoms with Crippen LogP contribution >= 0.6 is 22.9 Å². The summed E-state index contributed by atoms with van der Waals surface area (Å²) in [4.78, 5) is 23.4. The molecule has 2 heterocycles. The van der Waals surface area contributed by atoms with Crippen molar-refractivity contribution in [3.8, 4) is 0 Å². The molecule has 1 aliphatic heterocycles. The number of hydrogen-bond donors (Lipinski definition) is 2. The molecule has 0 saturated carbocycles. The molecule has 2 amide bonds. The van der Waals surface area contributed by atoms with E-state index < -0.39 is 12.0 Å². The maximum atomic E-state index is 11.8. The molecule has 0 bridgehead atoms. The highest BCUT2D eigenvalue weighted by Crippen LogP contribution is 2.29. The van der Waals surface area contributed by atoms with Crippen molar-refractivity contribution in [3.63, 3.8) is 0 Å². The fourth-order valence-electron chi connectivity index (χ4n) is 1.76. The summed E-state index contributed by atoms with van der Waals surface area (Å²) in [6.45, 7) is 0. The van der Waals surface area contributed by atoms with E-state index in [2.05, 4.69) is 10.6 Å². The van der Waals surface area contributed by atoms with E-state index in [1.807, 2.05) is 16.8 Å². The smallest absolute Gasteiger partial charge is 0.338 e. The molecule has 7 heteroatoms. The van der Waals surface area contributed by atoms with E-state index in [-0.39, 0.29) is 11.9 Å². The second kappa shape index (κ2) is 5.41. The Balaban J connectivity index is 2.48. The van der Waals surface area contributed by atoms with Gasteiger partial charge in [0, 0.05) is 5.70 Å². The lowest BCUT2D eigenvalue weighted by atomic mass is 9.98. The molecule has 0 aromatic carbocycles. The molecule has 1 aromatic heterocycles. The van der Waals surface area contributed by atoms with Crippen LogP contribution in [0.4, 0.5) is 4.79 Å². The first-order chi connectivity index (χ1) is 8.67. The number of ether oxygens (including phenoxy) is 1. The van der Waals surface area contributed by atoms with Gasteiger partial charge in [-0.15, -0.1) is 11.6 Å². The molecule has 1 atom stereocenters. The average Bonchev–Trinajstić information content (AvgIpc) is 2.90. The van der Waals surface area contributed by atoms with Crippen LogP contribution in [0.25, 0.3) is 0 Å². The number of halogens is 1. The second-order valence-electron chi connectivity index (χ2n) is 3.61. The standard InChI is InChI=1S/C11H11ClN2O3S/c1-17-10(15)8-7(4-12)13-11(16)14-9(8)6-2-3-18-5-6/h2-3,5,9H,4H2,1H3,(H2,13,14,16)/t9-/m1/s1. The first kappa shape index (κ1) is 12.9. The summed E-state index contributed by atoms with van der Waals surface area (Å²) in [5.74, 6) is -0.465. The van der Waals surface area contributed by atoms with Gasteiger partial charge in [-0.1, -0.05) is 0 Å². The minimum absolute atomic E-state index is 0.0402. The molecule has 1 aliphatic rings. The summed E-state index contributed by atoms with van der Waals surface area (Å²) in [6.07, 6.45) is 0. The number of carbonyl (C=O) groups is 2. The number of thiophene rings is 1. The number of allylic oxidation sites excluding steroid dienone is 1. The molecule has 0 spiro atoms. The van der Waals surface area contributed by atoms with E-state index >= 15 is 0 Å². The zero-order valence-electron chi connectivity index (χ0n) is 9.53.